The van der Waals surface area contributed by atoms with Crippen LogP contribution in [0.1, 0.15) is 42.0 Å². The van der Waals surface area contributed by atoms with Gasteiger partial charge in [-0.25, -0.2) is 4.98 Å². The third kappa shape index (κ3) is 3.36. The molecular weight excluding hydrogens is 366 g/mol. The number of aromatic nitrogens is 2. The molecule has 0 fully saturated rings. The molecule has 0 radical (unpaired) electrons. The van der Waals surface area contributed by atoms with E-state index in [1.165, 1.54) is 5.56 Å². The first-order chi connectivity index (χ1) is 11.6. The third-order valence-corrected chi connectivity index (χ3v) is 4.45. The van der Waals surface area contributed by atoms with E-state index in [1.807, 2.05) is 47.0 Å². The van der Waals surface area contributed by atoms with Crippen molar-refractivity contribution in [2.75, 3.05) is 5.32 Å². The highest BCUT2D eigenvalue weighted by Crippen LogP contribution is 2.20. The summed E-state index contributed by atoms with van der Waals surface area (Å²) in [7, 11) is 0. The number of fused-ring (bicyclic) bond motifs is 1. The fourth-order valence-corrected chi connectivity index (χ4v) is 3.07. The summed E-state index contributed by atoms with van der Waals surface area (Å²) in [4.78, 5) is 17.5. The number of amides is 1. The average Bonchev–Trinajstić information content (AvgIpc) is 2.93. The number of anilines is 1. The second-order valence-corrected chi connectivity index (χ2v) is 6.65. The Labute approximate surface area is 150 Å². The number of carbonyl (C=O) groups is 1. The highest BCUT2D eigenvalue weighted by atomic mass is 79.9. The summed E-state index contributed by atoms with van der Waals surface area (Å²) in [6.07, 6.45) is 4.58. The van der Waals surface area contributed by atoms with Gasteiger partial charge in [0.25, 0.3) is 5.91 Å². The molecule has 124 valence electrons. The zero-order valence-electron chi connectivity index (χ0n) is 13.8. The van der Waals surface area contributed by atoms with Gasteiger partial charge in [0, 0.05) is 16.4 Å². The van der Waals surface area contributed by atoms with Crippen molar-refractivity contribution in [3.05, 3.63) is 64.0 Å². The second-order valence-electron chi connectivity index (χ2n) is 5.74. The van der Waals surface area contributed by atoms with Gasteiger partial charge in [-0.05, 0) is 58.6 Å². The van der Waals surface area contributed by atoms with Gasteiger partial charge in [-0.15, -0.1) is 0 Å². The van der Waals surface area contributed by atoms with Crippen LogP contribution in [0.5, 0.6) is 0 Å². The Hall–Kier alpha value is -2.14. The van der Waals surface area contributed by atoms with E-state index in [2.05, 4.69) is 40.1 Å². The van der Waals surface area contributed by atoms with Gasteiger partial charge in [-0.2, -0.15) is 0 Å². The van der Waals surface area contributed by atoms with E-state index in [1.54, 1.807) is 0 Å². The predicted octanol–water partition coefficient (Wildman–Crippen LogP) is 4.86. The first kappa shape index (κ1) is 16.7. The lowest BCUT2D eigenvalue weighted by Crippen LogP contribution is -2.16. The number of aryl methyl sites for hydroxylation is 2. The molecule has 0 aliphatic rings. The molecule has 1 N–H and O–H groups in total. The van der Waals surface area contributed by atoms with Crippen molar-refractivity contribution in [3.8, 4) is 0 Å². The quantitative estimate of drug-likeness (QED) is 0.681. The van der Waals surface area contributed by atoms with E-state index in [4.69, 9.17) is 0 Å². The highest BCUT2D eigenvalue weighted by Gasteiger charge is 2.19. The van der Waals surface area contributed by atoms with Crippen molar-refractivity contribution in [1.82, 2.24) is 9.38 Å². The van der Waals surface area contributed by atoms with E-state index >= 15 is 0 Å². The van der Waals surface area contributed by atoms with Crippen LogP contribution >= 0.6 is 15.9 Å². The SMILES string of the molecule is CCCc1nc2ccc(Br)cn2c1C(=O)Nc1ccc(CC)cc1. The summed E-state index contributed by atoms with van der Waals surface area (Å²) in [5, 5.41) is 2.99. The Balaban J connectivity index is 1.97. The molecular formula is C19H20BrN3O. The van der Waals surface area contributed by atoms with Gasteiger partial charge in [0.15, 0.2) is 0 Å². The van der Waals surface area contributed by atoms with Crippen LogP contribution in [-0.2, 0) is 12.8 Å². The predicted molar refractivity (Wildman–Crippen MR) is 101 cm³/mol. The Kier molecular flexibility index (Phi) is 5.00. The van der Waals surface area contributed by atoms with Crippen molar-refractivity contribution in [1.29, 1.82) is 0 Å². The lowest BCUT2D eigenvalue weighted by atomic mass is 10.1. The first-order valence-corrected chi connectivity index (χ1v) is 8.98. The number of benzene rings is 1. The average molecular weight is 386 g/mol. The fourth-order valence-electron chi connectivity index (χ4n) is 2.73. The largest absolute Gasteiger partial charge is 0.321 e. The lowest BCUT2D eigenvalue weighted by molar-refractivity contribution is 0.102. The summed E-state index contributed by atoms with van der Waals surface area (Å²) >= 11 is 3.47. The molecule has 0 atom stereocenters. The fraction of sp³-hybridized carbons (Fsp3) is 0.263. The van der Waals surface area contributed by atoms with E-state index in [-0.39, 0.29) is 5.91 Å². The van der Waals surface area contributed by atoms with Crippen LogP contribution in [0.3, 0.4) is 0 Å². The molecule has 0 spiro atoms. The van der Waals surface area contributed by atoms with E-state index in [9.17, 15) is 4.79 Å². The van der Waals surface area contributed by atoms with Crippen LogP contribution in [0.2, 0.25) is 0 Å². The number of halogens is 1. The first-order valence-electron chi connectivity index (χ1n) is 8.19. The van der Waals surface area contributed by atoms with E-state index in [0.717, 1.165) is 40.8 Å². The van der Waals surface area contributed by atoms with Crippen LogP contribution in [0, 0.1) is 0 Å². The lowest BCUT2D eigenvalue weighted by Gasteiger charge is -2.08. The van der Waals surface area contributed by atoms with Crippen molar-refractivity contribution in [2.45, 2.75) is 33.1 Å². The maximum absolute atomic E-state index is 12.9. The van der Waals surface area contributed by atoms with Gasteiger partial charge >= 0.3 is 0 Å². The monoisotopic (exact) mass is 385 g/mol. The molecule has 1 aromatic carbocycles. The van der Waals surface area contributed by atoms with Crippen molar-refractivity contribution in [2.24, 2.45) is 0 Å². The van der Waals surface area contributed by atoms with E-state index < -0.39 is 0 Å². The minimum absolute atomic E-state index is 0.131. The van der Waals surface area contributed by atoms with Gasteiger partial charge in [-0.3, -0.25) is 9.20 Å². The normalized spacial score (nSPS) is 11.0. The molecule has 0 bridgehead atoms. The maximum Gasteiger partial charge on any atom is 0.274 e. The van der Waals surface area contributed by atoms with Crippen LogP contribution in [0.4, 0.5) is 5.69 Å². The highest BCUT2D eigenvalue weighted by molar-refractivity contribution is 9.10. The molecule has 24 heavy (non-hydrogen) atoms. The van der Waals surface area contributed by atoms with Crippen LogP contribution in [0.25, 0.3) is 5.65 Å². The smallest absolute Gasteiger partial charge is 0.274 e. The zero-order valence-corrected chi connectivity index (χ0v) is 15.4. The number of pyridine rings is 1. The number of hydrogen-bond acceptors (Lipinski definition) is 2. The van der Waals surface area contributed by atoms with Crippen LogP contribution in [0.15, 0.2) is 47.1 Å². The number of nitrogens with one attached hydrogen (secondary N) is 1. The van der Waals surface area contributed by atoms with Gasteiger partial charge in [-0.1, -0.05) is 32.4 Å². The molecule has 0 saturated carbocycles. The summed E-state index contributed by atoms with van der Waals surface area (Å²) in [5.74, 6) is -0.131. The minimum Gasteiger partial charge on any atom is -0.321 e. The number of rotatable bonds is 5. The molecule has 0 unspecified atom stereocenters. The molecule has 3 rings (SSSR count). The molecule has 2 heterocycles. The molecule has 3 aromatic rings. The Morgan fingerprint density at radius 1 is 1.17 bits per heavy atom. The summed E-state index contributed by atoms with van der Waals surface area (Å²) in [6.45, 7) is 4.20. The zero-order chi connectivity index (χ0) is 17.1. The summed E-state index contributed by atoms with van der Waals surface area (Å²) in [6, 6.07) is 11.8. The number of carbonyl (C=O) groups excluding carboxylic acids is 1. The van der Waals surface area contributed by atoms with Gasteiger partial charge in [0.2, 0.25) is 0 Å². The topological polar surface area (TPSA) is 46.4 Å². The van der Waals surface area contributed by atoms with Crippen LogP contribution in [-0.4, -0.2) is 15.3 Å². The Bertz CT molecular complexity index is 868. The molecule has 4 nitrogen and oxygen atoms in total. The molecule has 1 amide bonds. The van der Waals surface area contributed by atoms with Gasteiger partial charge in [0.1, 0.15) is 11.3 Å². The van der Waals surface area contributed by atoms with Gasteiger partial charge in [0.05, 0.1) is 5.69 Å². The molecule has 0 saturated heterocycles. The minimum atomic E-state index is -0.131. The third-order valence-electron chi connectivity index (χ3n) is 3.98. The molecule has 0 aliphatic heterocycles. The van der Waals surface area contributed by atoms with Crippen LogP contribution < -0.4 is 5.32 Å². The summed E-state index contributed by atoms with van der Waals surface area (Å²) < 4.78 is 2.77. The molecule has 0 aliphatic carbocycles. The number of nitrogens with zero attached hydrogens (tertiary/aromatic N) is 2. The van der Waals surface area contributed by atoms with Gasteiger partial charge < -0.3 is 5.32 Å². The van der Waals surface area contributed by atoms with Crippen molar-refractivity contribution in [3.63, 3.8) is 0 Å². The van der Waals surface area contributed by atoms with E-state index in [0.29, 0.717) is 5.69 Å². The molecule has 2 aromatic heterocycles. The number of imidazole rings is 1. The van der Waals surface area contributed by atoms with Crippen molar-refractivity contribution >= 4 is 33.2 Å². The standard InChI is InChI=1S/C19H20BrN3O/c1-3-5-16-18(23-12-14(20)8-11-17(23)22-16)19(24)21-15-9-6-13(4-2)7-10-15/h6-12H,3-5H2,1-2H3,(H,21,24). The molecule has 5 heteroatoms. The number of hydrogen-bond donors (Lipinski definition) is 1. The summed E-state index contributed by atoms with van der Waals surface area (Å²) in [5.41, 5.74) is 4.27. The maximum atomic E-state index is 12.9. The Morgan fingerprint density at radius 3 is 2.58 bits per heavy atom. The van der Waals surface area contributed by atoms with Crippen molar-refractivity contribution < 1.29 is 4.79 Å². The Morgan fingerprint density at radius 2 is 1.92 bits per heavy atom. The second kappa shape index (κ2) is 7.18.